The van der Waals surface area contributed by atoms with Crippen molar-refractivity contribution < 1.29 is 19.4 Å². The molecule has 1 fully saturated rings. The van der Waals surface area contributed by atoms with E-state index < -0.39 is 5.97 Å². The molecular formula is C36H36N2O4. The van der Waals surface area contributed by atoms with E-state index in [1.165, 1.54) is 11.6 Å². The predicted octanol–water partition coefficient (Wildman–Crippen LogP) is 7.97. The Morgan fingerprint density at radius 2 is 1.60 bits per heavy atom. The maximum atomic E-state index is 13.7. The minimum Gasteiger partial charge on any atom is -0.491 e. The number of para-hydroxylation sites is 1. The highest BCUT2D eigenvalue weighted by atomic mass is 16.5. The van der Waals surface area contributed by atoms with Crippen LogP contribution in [0.15, 0.2) is 101 Å². The van der Waals surface area contributed by atoms with Crippen molar-refractivity contribution in [2.75, 3.05) is 11.6 Å². The molecule has 6 nitrogen and oxygen atoms in total. The van der Waals surface area contributed by atoms with Gasteiger partial charge in [-0.2, -0.15) is 5.10 Å². The topological polar surface area (TPSA) is 79.2 Å². The number of ketones is 1. The first-order valence-corrected chi connectivity index (χ1v) is 14.6. The molecule has 3 aromatic carbocycles. The molecular weight excluding hydrogens is 524 g/mol. The van der Waals surface area contributed by atoms with E-state index in [0.717, 1.165) is 46.8 Å². The van der Waals surface area contributed by atoms with Crippen molar-refractivity contribution in [1.82, 2.24) is 0 Å². The molecule has 1 unspecified atom stereocenters. The Hall–Kier alpha value is -4.45. The van der Waals surface area contributed by atoms with E-state index in [4.69, 9.17) is 9.84 Å². The Morgan fingerprint density at radius 3 is 2.24 bits per heavy atom. The number of aromatic carboxylic acids is 1. The summed E-state index contributed by atoms with van der Waals surface area (Å²) in [6, 6.07) is 24.0. The van der Waals surface area contributed by atoms with Crippen molar-refractivity contribution >= 4 is 28.7 Å². The van der Waals surface area contributed by atoms with Gasteiger partial charge in [0.15, 0.2) is 11.5 Å². The molecule has 0 saturated heterocycles. The summed E-state index contributed by atoms with van der Waals surface area (Å²) in [5.41, 5.74) is 6.09. The van der Waals surface area contributed by atoms with E-state index in [9.17, 15) is 14.7 Å². The number of anilines is 1. The molecule has 42 heavy (non-hydrogen) atoms. The molecule has 1 saturated carbocycles. The smallest absolute Gasteiger partial charge is 0.336 e. The zero-order chi connectivity index (χ0) is 29.8. The van der Waals surface area contributed by atoms with Gasteiger partial charge >= 0.3 is 5.97 Å². The first-order valence-electron chi connectivity index (χ1n) is 14.6. The number of carboxylic acids is 1. The van der Waals surface area contributed by atoms with Crippen molar-refractivity contribution in [3.05, 3.63) is 118 Å². The normalized spacial score (nSPS) is 20.3. The van der Waals surface area contributed by atoms with Crippen LogP contribution in [0.25, 0.3) is 5.57 Å². The van der Waals surface area contributed by atoms with Gasteiger partial charge in [0, 0.05) is 17.0 Å². The number of rotatable bonds is 7. The molecule has 2 heterocycles. The van der Waals surface area contributed by atoms with E-state index in [2.05, 4.69) is 39.8 Å². The molecule has 0 radical (unpaired) electrons. The largest absolute Gasteiger partial charge is 0.491 e. The molecule has 2 aliphatic heterocycles. The minimum atomic E-state index is -1.14. The van der Waals surface area contributed by atoms with E-state index in [-0.39, 0.29) is 33.7 Å². The SMILES string of the molecule is CCOC1=C(c2ccc(C(=O)O)c(C(=O)c3ccccc3)c2)C2=NN(c3ccccc3)C1=C1C2C(C)(C)CCC1(C)C. The van der Waals surface area contributed by atoms with Crippen molar-refractivity contribution in [2.24, 2.45) is 21.8 Å². The molecule has 1 atom stereocenters. The van der Waals surface area contributed by atoms with Gasteiger partial charge in [-0.1, -0.05) is 82.3 Å². The maximum Gasteiger partial charge on any atom is 0.336 e. The Morgan fingerprint density at radius 1 is 0.929 bits per heavy atom. The van der Waals surface area contributed by atoms with Gasteiger partial charge in [-0.15, -0.1) is 0 Å². The lowest BCUT2D eigenvalue weighted by atomic mass is 9.53. The Kier molecular flexibility index (Phi) is 6.68. The van der Waals surface area contributed by atoms with Gasteiger partial charge in [0.25, 0.3) is 0 Å². The molecule has 7 rings (SSSR count). The van der Waals surface area contributed by atoms with Crippen LogP contribution in [0.1, 0.15) is 79.3 Å². The van der Waals surface area contributed by atoms with Gasteiger partial charge in [-0.05, 0) is 66.0 Å². The summed E-state index contributed by atoms with van der Waals surface area (Å²) >= 11 is 0. The molecule has 214 valence electrons. The van der Waals surface area contributed by atoms with E-state index >= 15 is 0 Å². The average Bonchev–Trinajstić information content (AvgIpc) is 2.99. The number of carbonyl (C=O) groups is 2. The lowest BCUT2D eigenvalue weighted by molar-refractivity contribution is 0.0692. The monoisotopic (exact) mass is 560 g/mol. The molecule has 2 aliphatic carbocycles. The average molecular weight is 561 g/mol. The van der Waals surface area contributed by atoms with Crippen LogP contribution in [0, 0.1) is 16.7 Å². The number of ether oxygens (including phenoxy) is 1. The molecule has 3 aromatic rings. The second-order valence-electron chi connectivity index (χ2n) is 12.6. The standard InChI is InChI=1S/C36H36N2O4/c1-6-42-33-27(23-17-18-25(34(40)41)26(21-23)32(39)22-13-9-7-10-14-22)30-28-29(36(4,5)20-19-35(28,2)3)31(33)38(37-30)24-15-11-8-12-16-24/h7-18,21,28H,6,19-20H2,1-5H3,(H,40,41). The predicted molar refractivity (Wildman–Crippen MR) is 165 cm³/mol. The third-order valence-corrected chi connectivity index (χ3v) is 8.95. The summed E-state index contributed by atoms with van der Waals surface area (Å²) in [6.45, 7) is 11.6. The molecule has 0 spiro atoms. The number of benzene rings is 3. The number of fused-ring (bicyclic) bond motifs is 1. The summed E-state index contributed by atoms with van der Waals surface area (Å²) in [5, 5.41) is 17.3. The number of carboxylic acid groups (broad SMARTS) is 1. The van der Waals surface area contributed by atoms with Gasteiger partial charge in [0.1, 0.15) is 5.70 Å². The van der Waals surface area contributed by atoms with Crippen LogP contribution in [0.3, 0.4) is 0 Å². The molecule has 6 heteroatoms. The number of nitrogens with zero attached hydrogens (tertiary/aromatic N) is 2. The molecule has 4 aliphatic rings. The van der Waals surface area contributed by atoms with Crippen molar-refractivity contribution in [3.63, 3.8) is 0 Å². The highest BCUT2D eigenvalue weighted by Crippen LogP contribution is 2.60. The summed E-state index contributed by atoms with van der Waals surface area (Å²) in [5.74, 6) is -0.702. The van der Waals surface area contributed by atoms with Crippen LogP contribution < -0.4 is 5.01 Å². The second-order valence-corrected chi connectivity index (χ2v) is 12.6. The lowest BCUT2D eigenvalue weighted by Crippen LogP contribution is -2.51. The first-order chi connectivity index (χ1) is 20.0. The van der Waals surface area contributed by atoms with Gasteiger partial charge in [0.2, 0.25) is 0 Å². The van der Waals surface area contributed by atoms with Crippen molar-refractivity contribution in [3.8, 4) is 0 Å². The number of hydrogen-bond donors (Lipinski definition) is 1. The third kappa shape index (κ3) is 4.37. The number of hydrazone groups is 1. The number of hydrogen-bond acceptors (Lipinski definition) is 5. The van der Waals surface area contributed by atoms with Crippen molar-refractivity contribution in [1.29, 1.82) is 0 Å². The van der Waals surface area contributed by atoms with E-state index in [1.807, 2.05) is 36.2 Å². The fourth-order valence-electron chi connectivity index (χ4n) is 6.78. The molecule has 1 N–H and O–H groups in total. The summed E-state index contributed by atoms with van der Waals surface area (Å²) in [6.07, 6.45) is 2.09. The quantitative estimate of drug-likeness (QED) is 0.297. The molecule has 0 amide bonds. The maximum absolute atomic E-state index is 13.7. The lowest BCUT2D eigenvalue weighted by Gasteiger charge is -2.55. The highest BCUT2D eigenvalue weighted by Gasteiger charge is 2.55. The Bertz CT molecular complexity index is 1680. The first kappa shape index (κ1) is 27.7. The second kappa shape index (κ2) is 10.1. The summed E-state index contributed by atoms with van der Waals surface area (Å²) in [7, 11) is 0. The zero-order valence-electron chi connectivity index (χ0n) is 24.8. The Labute approximate surface area is 247 Å². The highest BCUT2D eigenvalue weighted by molar-refractivity contribution is 6.30. The fourth-order valence-corrected chi connectivity index (χ4v) is 6.78. The minimum absolute atomic E-state index is 0.0287. The zero-order valence-corrected chi connectivity index (χ0v) is 24.8. The van der Waals surface area contributed by atoms with Crippen LogP contribution in [0.5, 0.6) is 0 Å². The third-order valence-electron chi connectivity index (χ3n) is 8.95. The van der Waals surface area contributed by atoms with Crippen LogP contribution in [0.2, 0.25) is 0 Å². The van der Waals surface area contributed by atoms with Gasteiger partial charge in [-0.3, -0.25) is 4.79 Å². The molecule has 0 aromatic heterocycles. The van der Waals surface area contributed by atoms with Gasteiger partial charge < -0.3 is 9.84 Å². The van der Waals surface area contributed by atoms with Gasteiger partial charge in [-0.25, -0.2) is 9.80 Å². The number of allylic oxidation sites excluding steroid dienone is 2. The van der Waals surface area contributed by atoms with Crippen molar-refractivity contribution in [2.45, 2.75) is 47.5 Å². The number of carbonyl (C=O) groups excluding carboxylic acids is 1. The van der Waals surface area contributed by atoms with Crippen LogP contribution in [0.4, 0.5) is 5.69 Å². The van der Waals surface area contributed by atoms with E-state index in [0.29, 0.717) is 12.2 Å². The fraction of sp³-hybridized carbons (Fsp3) is 0.306. The Balaban J connectivity index is 1.63. The summed E-state index contributed by atoms with van der Waals surface area (Å²) < 4.78 is 6.51. The van der Waals surface area contributed by atoms with Crippen LogP contribution in [-0.2, 0) is 4.74 Å². The van der Waals surface area contributed by atoms with Crippen LogP contribution >= 0.6 is 0 Å². The summed E-state index contributed by atoms with van der Waals surface area (Å²) in [4.78, 5) is 25.9. The van der Waals surface area contributed by atoms with Gasteiger partial charge in [0.05, 0.1) is 29.1 Å². The van der Waals surface area contributed by atoms with Crippen LogP contribution in [-0.4, -0.2) is 29.2 Å². The molecule has 2 bridgehead atoms. The van der Waals surface area contributed by atoms with E-state index in [1.54, 1.807) is 36.4 Å².